The number of aromatic nitrogens is 1. The number of nitrogens with zero attached hydrogens (tertiary/aromatic N) is 2. The van der Waals surface area contributed by atoms with Gasteiger partial charge in [0.25, 0.3) is 0 Å². The molecule has 1 aliphatic heterocycles. The molecule has 0 radical (unpaired) electrons. The average molecular weight is 902 g/mol. The van der Waals surface area contributed by atoms with Crippen molar-refractivity contribution in [3.63, 3.8) is 0 Å². The van der Waals surface area contributed by atoms with Crippen LogP contribution in [0.2, 0.25) is 0 Å². The zero-order chi connectivity index (χ0) is 47.7. The standard InChI is InChI=1S/C36H46N4O6.C9H13NO3S.C4H8/c1-34(2,3)30(38-33(43)46-35(4,5)6)32(42)40-21-24(19-28(40)31(41)39-36(7)16-17-36)45-29-20-26(22-12-10-9-11-13-22)37-27-18-23(44-8)14-15-25(27)29;1-3-8(2)6-9(4-5-9)14(12,13)10-7-11;1-3-4-2/h9-15,18,20,24,28,30H,16-17,19,21H2,1-8H3,(H,38,43)(H,39,41);3,7H,1-2,4-6H2,(H,10,11);3-4H,1-2H3/b;;4-3-/t24?,28-,30+;;/m0../s1. The quantitative estimate of drug-likeness (QED) is 0.0811. The van der Waals surface area contributed by atoms with E-state index in [1.807, 2.05) is 113 Å². The molecule has 1 saturated heterocycles. The van der Waals surface area contributed by atoms with Gasteiger partial charge in [-0.1, -0.05) is 88.1 Å². The van der Waals surface area contributed by atoms with Gasteiger partial charge in [0, 0.05) is 35.0 Å². The van der Waals surface area contributed by atoms with Crippen LogP contribution in [0.25, 0.3) is 22.2 Å². The largest absolute Gasteiger partial charge is 0.497 e. The molecule has 15 heteroatoms. The first kappa shape index (κ1) is 50.9. The third kappa shape index (κ3) is 13.7. The molecular formula is C49H67N5O9S. The van der Waals surface area contributed by atoms with Gasteiger partial charge in [0.05, 0.1) is 29.6 Å². The van der Waals surface area contributed by atoms with E-state index in [1.165, 1.54) is 6.08 Å². The number of sulfonamides is 1. The first-order valence-electron chi connectivity index (χ1n) is 21.6. The van der Waals surface area contributed by atoms with Crippen LogP contribution in [-0.2, 0) is 29.1 Å². The van der Waals surface area contributed by atoms with E-state index in [4.69, 9.17) is 19.2 Å². The van der Waals surface area contributed by atoms with E-state index in [9.17, 15) is 27.6 Å². The van der Waals surface area contributed by atoms with Gasteiger partial charge in [0.1, 0.15) is 35.3 Å². The Hall–Kier alpha value is -5.70. The van der Waals surface area contributed by atoms with Crippen LogP contribution in [-0.4, -0.2) is 90.3 Å². The molecule has 2 aromatic carbocycles. The number of pyridine rings is 1. The van der Waals surface area contributed by atoms with E-state index < -0.39 is 50.1 Å². The van der Waals surface area contributed by atoms with Gasteiger partial charge in [-0.2, -0.15) is 0 Å². The number of hydrogen-bond acceptors (Lipinski definition) is 10. The maximum atomic E-state index is 14.3. The van der Waals surface area contributed by atoms with Crippen LogP contribution in [0, 0.1) is 5.41 Å². The molecule has 3 fully saturated rings. The predicted octanol–water partition coefficient (Wildman–Crippen LogP) is 8.18. The number of nitrogens with one attached hydrogen (secondary N) is 3. The van der Waals surface area contributed by atoms with Gasteiger partial charge < -0.3 is 29.7 Å². The van der Waals surface area contributed by atoms with E-state index >= 15 is 0 Å². The molecular weight excluding hydrogens is 835 g/mol. The van der Waals surface area contributed by atoms with Gasteiger partial charge in [-0.05, 0) is 91.2 Å². The molecule has 3 aromatic rings. The zero-order valence-electron chi connectivity index (χ0n) is 39.1. The molecule has 2 aliphatic carbocycles. The Morgan fingerprint density at radius 2 is 1.62 bits per heavy atom. The lowest BCUT2D eigenvalue weighted by Gasteiger charge is -2.35. The molecule has 4 amide bonds. The summed E-state index contributed by atoms with van der Waals surface area (Å²) in [6, 6.07) is 15.6. The van der Waals surface area contributed by atoms with Crippen LogP contribution in [0.3, 0.4) is 0 Å². The number of hydrogen-bond donors (Lipinski definition) is 3. The Morgan fingerprint density at radius 1 is 0.984 bits per heavy atom. The molecule has 1 unspecified atom stereocenters. The second-order valence-corrected chi connectivity index (χ2v) is 21.0. The van der Waals surface area contributed by atoms with E-state index in [-0.39, 0.29) is 36.7 Å². The number of methoxy groups -OCH3 is 1. The molecule has 3 N–H and O–H groups in total. The first-order chi connectivity index (χ1) is 29.9. The summed E-state index contributed by atoms with van der Waals surface area (Å²) in [4.78, 5) is 57.4. The summed E-state index contributed by atoms with van der Waals surface area (Å²) in [7, 11) is -1.92. The van der Waals surface area contributed by atoms with Crippen molar-refractivity contribution in [3.8, 4) is 22.8 Å². The highest BCUT2D eigenvalue weighted by Gasteiger charge is 2.54. The fraction of sp³-hybridized carbons (Fsp3) is 0.490. The van der Waals surface area contributed by atoms with E-state index in [0.717, 1.165) is 29.5 Å². The summed E-state index contributed by atoms with van der Waals surface area (Å²) in [6.45, 7) is 24.3. The summed E-state index contributed by atoms with van der Waals surface area (Å²) >= 11 is 0. The Morgan fingerprint density at radius 3 is 2.14 bits per heavy atom. The molecule has 3 atom stereocenters. The smallest absolute Gasteiger partial charge is 0.408 e. The molecule has 14 nitrogen and oxygen atoms in total. The molecule has 2 saturated carbocycles. The Bertz CT molecular complexity index is 2300. The predicted molar refractivity (Wildman–Crippen MR) is 251 cm³/mol. The highest BCUT2D eigenvalue weighted by molar-refractivity contribution is 7.91. The first-order valence-corrected chi connectivity index (χ1v) is 23.1. The van der Waals surface area contributed by atoms with Crippen LogP contribution >= 0.6 is 0 Å². The van der Waals surface area contributed by atoms with Gasteiger partial charge >= 0.3 is 6.09 Å². The number of fused-ring (bicyclic) bond motifs is 1. The van der Waals surface area contributed by atoms with Crippen molar-refractivity contribution in [1.82, 2.24) is 25.2 Å². The highest BCUT2D eigenvalue weighted by atomic mass is 32.2. The monoisotopic (exact) mass is 901 g/mol. The number of amides is 4. The minimum absolute atomic E-state index is 0.164. The van der Waals surface area contributed by atoms with Crippen molar-refractivity contribution in [2.75, 3.05) is 13.7 Å². The summed E-state index contributed by atoms with van der Waals surface area (Å²) in [5.74, 6) is 0.682. The second-order valence-electron chi connectivity index (χ2n) is 18.9. The molecule has 3 aliphatic rings. The normalized spacial score (nSPS) is 18.8. The maximum Gasteiger partial charge on any atom is 0.408 e. The topological polar surface area (TPSA) is 182 Å². The van der Waals surface area contributed by atoms with Gasteiger partial charge in [0.15, 0.2) is 0 Å². The molecule has 0 bridgehead atoms. The van der Waals surface area contributed by atoms with Crippen LogP contribution in [0.15, 0.2) is 91.6 Å². The van der Waals surface area contributed by atoms with E-state index in [1.54, 1.807) is 32.8 Å². The van der Waals surface area contributed by atoms with Gasteiger partial charge in [-0.15, -0.1) is 0 Å². The van der Waals surface area contributed by atoms with Crippen LogP contribution in [0.4, 0.5) is 4.79 Å². The number of ether oxygens (including phenoxy) is 3. The third-order valence-electron chi connectivity index (χ3n) is 11.1. The highest BCUT2D eigenvalue weighted by Crippen LogP contribution is 2.47. The summed E-state index contributed by atoms with van der Waals surface area (Å²) in [6.07, 6.45) is 8.11. The van der Waals surface area contributed by atoms with Crippen molar-refractivity contribution in [3.05, 3.63) is 91.6 Å². The number of rotatable bonds is 14. The number of carbonyl (C=O) groups is 4. The van der Waals surface area contributed by atoms with Crippen LogP contribution in [0.1, 0.15) is 101 Å². The fourth-order valence-corrected chi connectivity index (χ4v) is 8.39. The van der Waals surface area contributed by atoms with Gasteiger partial charge in [-0.3, -0.25) is 19.1 Å². The van der Waals surface area contributed by atoms with Crippen molar-refractivity contribution in [2.24, 2.45) is 5.41 Å². The fourth-order valence-electron chi connectivity index (χ4n) is 7.00. The molecule has 6 rings (SSSR count). The number of likely N-dealkylation sites (tertiary alicyclic amines) is 1. The Kier molecular flexibility index (Phi) is 16.6. The number of alkyl carbamates (subject to hydrolysis) is 1. The molecule has 1 aromatic heterocycles. The van der Waals surface area contributed by atoms with E-state index in [2.05, 4.69) is 23.8 Å². The van der Waals surface area contributed by atoms with E-state index in [0.29, 0.717) is 41.9 Å². The summed E-state index contributed by atoms with van der Waals surface area (Å²) in [5, 5.41) is 6.72. The minimum atomic E-state index is -3.53. The second kappa shape index (κ2) is 20.9. The van der Waals surface area contributed by atoms with Crippen molar-refractivity contribution in [1.29, 1.82) is 0 Å². The Balaban J connectivity index is 0.000000416. The minimum Gasteiger partial charge on any atom is -0.497 e. The van der Waals surface area contributed by atoms with Crippen molar-refractivity contribution < 1.29 is 41.8 Å². The SMILES string of the molecule is C/C=C\C.C=CC(=C)CC1(S(=O)(=O)NC=O)CC1.COc1ccc2c(OC3C[C@@H](C(=O)NC4(C)CC4)N(C(=O)[C@@H](NC(=O)OC(C)(C)C)C(C)(C)C)C3)cc(-c3ccccc3)nc2c1. The number of benzene rings is 2. The van der Waals surface area contributed by atoms with Crippen molar-refractivity contribution >= 4 is 45.2 Å². The third-order valence-corrected chi connectivity index (χ3v) is 13.2. The summed E-state index contributed by atoms with van der Waals surface area (Å²) in [5.41, 5.74) is 1.37. The molecule has 64 heavy (non-hydrogen) atoms. The van der Waals surface area contributed by atoms with Gasteiger partial charge in [-0.25, -0.2) is 18.2 Å². The zero-order valence-corrected chi connectivity index (χ0v) is 39.9. The lowest BCUT2D eigenvalue weighted by Crippen LogP contribution is -2.58. The summed E-state index contributed by atoms with van der Waals surface area (Å²) < 4.78 is 41.8. The number of carbonyl (C=O) groups excluding carboxylic acids is 4. The lowest BCUT2D eigenvalue weighted by molar-refractivity contribution is -0.142. The Labute approximate surface area is 379 Å². The van der Waals surface area contributed by atoms with Crippen LogP contribution < -0.4 is 24.8 Å². The molecule has 2 heterocycles. The lowest BCUT2D eigenvalue weighted by atomic mass is 9.85. The van der Waals surface area contributed by atoms with Crippen LogP contribution in [0.5, 0.6) is 11.5 Å². The van der Waals surface area contributed by atoms with Crippen molar-refractivity contribution in [2.45, 2.75) is 135 Å². The average Bonchev–Trinajstić information content (AvgIpc) is 4.14. The maximum absolute atomic E-state index is 14.3. The van der Waals surface area contributed by atoms with Gasteiger partial charge in [0.2, 0.25) is 28.2 Å². The molecule has 0 spiro atoms. The molecule has 348 valence electrons. The number of allylic oxidation sites excluding steroid dienone is 4.